The first-order valence-electron chi connectivity index (χ1n) is 6.96. The van der Waals surface area contributed by atoms with Crippen molar-refractivity contribution in [2.75, 3.05) is 6.54 Å². The molecular formula is C14H21BFNO2. The van der Waals surface area contributed by atoms with E-state index < -0.39 is 12.9 Å². The molecule has 1 unspecified atom stereocenters. The second-order valence-corrected chi connectivity index (χ2v) is 5.40. The molecule has 2 N–H and O–H groups in total. The Kier molecular flexibility index (Phi) is 4.96. The third kappa shape index (κ3) is 3.78. The van der Waals surface area contributed by atoms with Gasteiger partial charge in [0.1, 0.15) is 5.82 Å². The Morgan fingerprint density at radius 2 is 2.11 bits per heavy atom. The van der Waals surface area contributed by atoms with Crippen molar-refractivity contribution in [1.82, 2.24) is 4.90 Å². The Labute approximate surface area is 114 Å². The van der Waals surface area contributed by atoms with Gasteiger partial charge in [-0.05, 0) is 37.9 Å². The van der Waals surface area contributed by atoms with Crippen LogP contribution in [0.5, 0.6) is 0 Å². The van der Waals surface area contributed by atoms with Crippen molar-refractivity contribution in [2.24, 2.45) is 0 Å². The molecule has 1 aromatic carbocycles. The van der Waals surface area contributed by atoms with Crippen LogP contribution in [0, 0.1) is 5.82 Å². The minimum atomic E-state index is -1.75. The highest BCUT2D eigenvalue weighted by Gasteiger charge is 2.20. The zero-order chi connectivity index (χ0) is 13.8. The van der Waals surface area contributed by atoms with Crippen molar-refractivity contribution in [1.29, 1.82) is 0 Å². The molecule has 2 rings (SSSR count). The van der Waals surface area contributed by atoms with Crippen LogP contribution < -0.4 is 5.46 Å². The van der Waals surface area contributed by atoms with Gasteiger partial charge in [0, 0.05) is 18.0 Å². The van der Waals surface area contributed by atoms with Crippen LogP contribution in [0.3, 0.4) is 0 Å². The zero-order valence-electron chi connectivity index (χ0n) is 11.3. The van der Waals surface area contributed by atoms with Gasteiger partial charge in [-0.1, -0.05) is 25.0 Å². The summed E-state index contributed by atoms with van der Waals surface area (Å²) in [4.78, 5) is 2.38. The summed E-state index contributed by atoms with van der Waals surface area (Å²) in [5, 5.41) is 18.3. The Balaban J connectivity index is 2.11. The summed E-state index contributed by atoms with van der Waals surface area (Å²) >= 11 is 0. The van der Waals surface area contributed by atoms with Gasteiger partial charge in [-0.25, -0.2) is 4.39 Å². The van der Waals surface area contributed by atoms with Gasteiger partial charge in [-0.3, -0.25) is 4.90 Å². The van der Waals surface area contributed by atoms with Crippen LogP contribution in [0.1, 0.15) is 38.2 Å². The standard InChI is InChI=1S/C14H21BFNO2/c1-11-5-3-2-4-8-17(11)10-12-6-7-14(16)13(9-12)15(18)19/h6-7,9,11,18-19H,2-5,8,10H2,1H3. The second kappa shape index (κ2) is 6.50. The molecule has 0 spiro atoms. The largest absolute Gasteiger partial charge is 0.491 e. The monoisotopic (exact) mass is 265 g/mol. The van der Waals surface area contributed by atoms with E-state index in [4.69, 9.17) is 10.0 Å². The molecule has 0 aromatic heterocycles. The fraction of sp³-hybridized carbons (Fsp3) is 0.571. The fourth-order valence-corrected chi connectivity index (χ4v) is 2.69. The first-order chi connectivity index (χ1) is 9.08. The summed E-state index contributed by atoms with van der Waals surface area (Å²) in [5.41, 5.74) is 0.887. The maximum Gasteiger partial charge on any atom is 0.491 e. The third-order valence-electron chi connectivity index (χ3n) is 3.91. The molecule has 0 bridgehead atoms. The highest BCUT2D eigenvalue weighted by atomic mass is 19.1. The molecule has 1 aliphatic heterocycles. The van der Waals surface area contributed by atoms with E-state index in [-0.39, 0.29) is 5.46 Å². The number of hydrogen-bond donors (Lipinski definition) is 2. The molecule has 0 saturated carbocycles. The van der Waals surface area contributed by atoms with E-state index in [1.54, 1.807) is 12.1 Å². The molecule has 104 valence electrons. The van der Waals surface area contributed by atoms with Gasteiger partial charge in [0.05, 0.1) is 0 Å². The second-order valence-electron chi connectivity index (χ2n) is 5.40. The van der Waals surface area contributed by atoms with Crippen LogP contribution >= 0.6 is 0 Å². The van der Waals surface area contributed by atoms with Crippen LogP contribution in [0.4, 0.5) is 4.39 Å². The molecule has 1 saturated heterocycles. The van der Waals surface area contributed by atoms with E-state index in [1.807, 2.05) is 0 Å². The molecule has 1 atom stereocenters. The summed E-state index contributed by atoms with van der Waals surface area (Å²) in [6.45, 7) is 4.01. The lowest BCUT2D eigenvalue weighted by Gasteiger charge is -2.27. The molecular weight excluding hydrogens is 244 g/mol. The molecule has 3 nitrogen and oxygen atoms in total. The predicted molar refractivity (Wildman–Crippen MR) is 74.6 cm³/mol. The highest BCUT2D eigenvalue weighted by molar-refractivity contribution is 6.58. The highest BCUT2D eigenvalue weighted by Crippen LogP contribution is 2.18. The molecule has 1 aliphatic rings. The first kappa shape index (κ1) is 14.5. The van der Waals surface area contributed by atoms with E-state index in [0.717, 1.165) is 18.7 Å². The average Bonchev–Trinajstić information content (AvgIpc) is 2.57. The normalized spacial score (nSPS) is 21.2. The van der Waals surface area contributed by atoms with Crippen molar-refractivity contribution >= 4 is 12.6 Å². The van der Waals surface area contributed by atoms with Crippen molar-refractivity contribution in [2.45, 2.75) is 45.2 Å². The summed E-state index contributed by atoms with van der Waals surface area (Å²) in [6, 6.07) is 5.11. The van der Waals surface area contributed by atoms with E-state index >= 15 is 0 Å². The lowest BCUT2D eigenvalue weighted by atomic mass is 9.79. The van der Waals surface area contributed by atoms with E-state index in [2.05, 4.69) is 11.8 Å². The minimum absolute atomic E-state index is 0.0417. The van der Waals surface area contributed by atoms with Crippen molar-refractivity contribution in [3.05, 3.63) is 29.6 Å². The lowest BCUT2D eigenvalue weighted by molar-refractivity contribution is 0.205. The average molecular weight is 265 g/mol. The molecule has 0 amide bonds. The minimum Gasteiger partial charge on any atom is -0.423 e. The van der Waals surface area contributed by atoms with Crippen LogP contribution in [0.25, 0.3) is 0 Å². The van der Waals surface area contributed by atoms with Gasteiger partial charge < -0.3 is 10.0 Å². The molecule has 1 aromatic rings. The van der Waals surface area contributed by atoms with Gasteiger partial charge in [-0.15, -0.1) is 0 Å². The van der Waals surface area contributed by atoms with Crippen LogP contribution in [-0.2, 0) is 6.54 Å². The summed E-state index contributed by atoms with van der Waals surface area (Å²) in [6.07, 6.45) is 4.92. The van der Waals surface area contributed by atoms with Gasteiger partial charge in [0.25, 0.3) is 0 Å². The topological polar surface area (TPSA) is 43.7 Å². The van der Waals surface area contributed by atoms with Crippen molar-refractivity contribution in [3.63, 3.8) is 0 Å². The fourth-order valence-electron chi connectivity index (χ4n) is 2.69. The maximum absolute atomic E-state index is 13.4. The van der Waals surface area contributed by atoms with Gasteiger partial charge in [0.15, 0.2) is 0 Å². The molecule has 1 heterocycles. The number of halogens is 1. The number of nitrogens with zero attached hydrogens (tertiary/aromatic N) is 1. The number of rotatable bonds is 3. The molecule has 19 heavy (non-hydrogen) atoms. The Bertz CT molecular complexity index is 428. The predicted octanol–water partition coefficient (Wildman–Crippen LogP) is 1.27. The first-order valence-corrected chi connectivity index (χ1v) is 6.96. The molecule has 1 fully saturated rings. The Morgan fingerprint density at radius 1 is 1.32 bits per heavy atom. The third-order valence-corrected chi connectivity index (χ3v) is 3.91. The van der Waals surface area contributed by atoms with Gasteiger partial charge >= 0.3 is 7.12 Å². The van der Waals surface area contributed by atoms with Crippen LogP contribution in [0.2, 0.25) is 0 Å². The quantitative estimate of drug-likeness (QED) is 0.809. The van der Waals surface area contributed by atoms with E-state index in [0.29, 0.717) is 6.04 Å². The van der Waals surface area contributed by atoms with E-state index in [1.165, 1.54) is 31.7 Å². The van der Waals surface area contributed by atoms with Gasteiger partial charge in [-0.2, -0.15) is 0 Å². The van der Waals surface area contributed by atoms with Crippen LogP contribution in [-0.4, -0.2) is 34.7 Å². The summed E-state index contributed by atoms with van der Waals surface area (Å²) < 4.78 is 13.4. The van der Waals surface area contributed by atoms with Gasteiger partial charge in [0.2, 0.25) is 0 Å². The van der Waals surface area contributed by atoms with E-state index in [9.17, 15) is 4.39 Å². The lowest BCUT2D eigenvalue weighted by Crippen LogP contribution is -2.35. The summed E-state index contributed by atoms with van der Waals surface area (Å²) in [5.74, 6) is -0.567. The van der Waals surface area contributed by atoms with Crippen molar-refractivity contribution < 1.29 is 14.4 Å². The molecule has 0 radical (unpaired) electrons. The Hall–Kier alpha value is -0.905. The molecule has 0 aliphatic carbocycles. The maximum atomic E-state index is 13.4. The number of benzene rings is 1. The smallest absolute Gasteiger partial charge is 0.423 e. The SMILES string of the molecule is CC1CCCCCN1Cc1ccc(F)c(B(O)O)c1. The molecule has 5 heteroatoms. The number of hydrogen-bond acceptors (Lipinski definition) is 3. The zero-order valence-corrected chi connectivity index (χ0v) is 11.3. The Morgan fingerprint density at radius 3 is 2.84 bits per heavy atom. The summed E-state index contributed by atoms with van der Waals surface area (Å²) in [7, 11) is -1.75. The van der Waals surface area contributed by atoms with Crippen molar-refractivity contribution in [3.8, 4) is 0 Å². The van der Waals surface area contributed by atoms with Crippen LogP contribution in [0.15, 0.2) is 18.2 Å². The number of likely N-dealkylation sites (tertiary alicyclic amines) is 1.